The van der Waals surface area contributed by atoms with Crippen molar-refractivity contribution in [1.29, 1.82) is 0 Å². The Bertz CT molecular complexity index is 325. The lowest BCUT2D eigenvalue weighted by Gasteiger charge is -2.16. The van der Waals surface area contributed by atoms with Crippen LogP contribution in [-0.2, 0) is 4.79 Å². The molecule has 0 bridgehead atoms. The second-order valence-electron chi connectivity index (χ2n) is 3.70. The van der Waals surface area contributed by atoms with Gasteiger partial charge in [0.2, 0.25) is 0 Å². The van der Waals surface area contributed by atoms with Gasteiger partial charge in [0.1, 0.15) is 5.60 Å². The highest BCUT2D eigenvalue weighted by Gasteiger charge is 2.23. The molecule has 0 saturated carbocycles. The van der Waals surface area contributed by atoms with Crippen LogP contribution in [0, 0.1) is 6.92 Å². The number of nitrogens with zero attached hydrogens (tertiary/aromatic N) is 1. The summed E-state index contributed by atoms with van der Waals surface area (Å²) in [6.45, 7) is 4.73. The molecule has 0 atom stereocenters. The SMILES string of the molecule is Cc1ccc(NC(=O)C(C)(C)O)cn1. The summed E-state index contributed by atoms with van der Waals surface area (Å²) in [7, 11) is 0. The molecule has 0 saturated heterocycles. The first-order valence-electron chi connectivity index (χ1n) is 4.36. The van der Waals surface area contributed by atoms with Gasteiger partial charge in [-0.05, 0) is 32.9 Å². The fourth-order valence-electron chi connectivity index (χ4n) is 0.826. The topological polar surface area (TPSA) is 62.2 Å². The zero-order chi connectivity index (χ0) is 10.8. The first kappa shape index (κ1) is 10.7. The second-order valence-corrected chi connectivity index (χ2v) is 3.70. The number of amides is 1. The molecule has 0 unspecified atom stereocenters. The van der Waals surface area contributed by atoms with E-state index in [4.69, 9.17) is 0 Å². The van der Waals surface area contributed by atoms with Crippen LogP contribution in [0.25, 0.3) is 0 Å². The average Bonchev–Trinajstić information content (AvgIpc) is 2.07. The fraction of sp³-hybridized carbons (Fsp3) is 0.400. The van der Waals surface area contributed by atoms with Crippen molar-refractivity contribution in [2.24, 2.45) is 0 Å². The van der Waals surface area contributed by atoms with Crippen LogP contribution in [0.15, 0.2) is 18.3 Å². The lowest BCUT2D eigenvalue weighted by Crippen LogP contribution is -2.36. The Morgan fingerprint density at radius 1 is 1.50 bits per heavy atom. The number of aliphatic hydroxyl groups is 1. The van der Waals surface area contributed by atoms with Crippen LogP contribution >= 0.6 is 0 Å². The summed E-state index contributed by atoms with van der Waals surface area (Å²) in [5, 5.41) is 11.9. The number of anilines is 1. The number of aryl methyl sites for hydroxylation is 1. The van der Waals surface area contributed by atoms with Crippen LogP contribution in [0.5, 0.6) is 0 Å². The molecule has 1 aromatic heterocycles. The normalized spacial score (nSPS) is 11.1. The summed E-state index contributed by atoms with van der Waals surface area (Å²) in [6, 6.07) is 3.53. The van der Waals surface area contributed by atoms with E-state index >= 15 is 0 Å². The van der Waals surface area contributed by atoms with Gasteiger partial charge in [-0.2, -0.15) is 0 Å². The van der Waals surface area contributed by atoms with Gasteiger partial charge >= 0.3 is 0 Å². The highest BCUT2D eigenvalue weighted by atomic mass is 16.3. The summed E-state index contributed by atoms with van der Waals surface area (Å²) in [4.78, 5) is 15.3. The Balaban J connectivity index is 2.71. The van der Waals surface area contributed by atoms with Gasteiger partial charge in [-0.25, -0.2) is 0 Å². The van der Waals surface area contributed by atoms with Crippen LogP contribution in [0.1, 0.15) is 19.5 Å². The molecule has 0 spiro atoms. The molecule has 0 aliphatic heterocycles. The number of carbonyl (C=O) groups is 1. The first-order valence-corrected chi connectivity index (χ1v) is 4.36. The molecule has 0 radical (unpaired) electrons. The first-order chi connectivity index (χ1) is 6.39. The van der Waals surface area contributed by atoms with E-state index in [1.807, 2.05) is 6.92 Å². The van der Waals surface area contributed by atoms with Crippen molar-refractivity contribution in [2.45, 2.75) is 26.4 Å². The van der Waals surface area contributed by atoms with E-state index in [0.29, 0.717) is 5.69 Å². The highest BCUT2D eigenvalue weighted by molar-refractivity contribution is 5.96. The molecule has 2 N–H and O–H groups in total. The summed E-state index contributed by atoms with van der Waals surface area (Å²) < 4.78 is 0. The molecule has 1 rings (SSSR count). The van der Waals surface area contributed by atoms with Crippen molar-refractivity contribution in [3.63, 3.8) is 0 Å². The van der Waals surface area contributed by atoms with Crippen molar-refractivity contribution in [3.05, 3.63) is 24.0 Å². The molecule has 4 nitrogen and oxygen atoms in total. The number of nitrogens with one attached hydrogen (secondary N) is 1. The van der Waals surface area contributed by atoms with Crippen molar-refractivity contribution in [3.8, 4) is 0 Å². The Hall–Kier alpha value is -1.42. The van der Waals surface area contributed by atoms with Gasteiger partial charge in [-0.3, -0.25) is 9.78 Å². The summed E-state index contributed by atoms with van der Waals surface area (Å²) in [6.07, 6.45) is 1.55. The van der Waals surface area contributed by atoms with Crippen LogP contribution in [0.3, 0.4) is 0 Å². The molecular weight excluding hydrogens is 180 g/mol. The third-order valence-electron chi connectivity index (χ3n) is 1.72. The number of rotatable bonds is 2. The van der Waals surface area contributed by atoms with Gasteiger partial charge < -0.3 is 10.4 Å². The largest absolute Gasteiger partial charge is 0.381 e. The molecule has 0 aliphatic carbocycles. The Labute approximate surface area is 83.0 Å². The van der Waals surface area contributed by atoms with Gasteiger partial charge in [-0.1, -0.05) is 0 Å². The van der Waals surface area contributed by atoms with Crippen molar-refractivity contribution in [1.82, 2.24) is 4.98 Å². The smallest absolute Gasteiger partial charge is 0.255 e. The number of carbonyl (C=O) groups excluding carboxylic acids is 1. The standard InChI is InChI=1S/C10H14N2O2/c1-7-4-5-8(6-11-7)12-9(13)10(2,3)14/h4-6,14H,1-3H3,(H,12,13). The van der Waals surface area contributed by atoms with Crippen molar-refractivity contribution < 1.29 is 9.90 Å². The Morgan fingerprint density at radius 3 is 2.57 bits per heavy atom. The third kappa shape index (κ3) is 2.81. The predicted octanol–water partition coefficient (Wildman–Crippen LogP) is 1.10. The van der Waals surface area contributed by atoms with Crippen LogP contribution in [0.4, 0.5) is 5.69 Å². The molecule has 4 heteroatoms. The lowest BCUT2D eigenvalue weighted by molar-refractivity contribution is -0.130. The van der Waals surface area contributed by atoms with Gasteiger partial charge in [0.25, 0.3) is 5.91 Å². The van der Waals surface area contributed by atoms with Gasteiger partial charge in [-0.15, -0.1) is 0 Å². The maximum atomic E-state index is 11.3. The van der Waals surface area contributed by atoms with Crippen molar-refractivity contribution >= 4 is 11.6 Å². The summed E-state index contributed by atoms with van der Waals surface area (Å²) in [5.41, 5.74) is 0.0965. The zero-order valence-corrected chi connectivity index (χ0v) is 8.53. The number of aromatic nitrogens is 1. The lowest BCUT2D eigenvalue weighted by atomic mass is 10.1. The molecule has 0 aliphatic rings. The van der Waals surface area contributed by atoms with E-state index in [2.05, 4.69) is 10.3 Å². The molecule has 1 aromatic rings. The molecule has 1 amide bonds. The molecule has 14 heavy (non-hydrogen) atoms. The summed E-state index contributed by atoms with van der Waals surface area (Å²) >= 11 is 0. The van der Waals surface area contributed by atoms with E-state index in [9.17, 15) is 9.90 Å². The van der Waals surface area contributed by atoms with Crippen LogP contribution in [-0.4, -0.2) is 21.6 Å². The number of hydrogen-bond donors (Lipinski definition) is 2. The van der Waals surface area contributed by atoms with E-state index in [-0.39, 0.29) is 0 Å². The number of hydrogen-bond acceptors (Lipinski definition) is 3. The molecule has 76 valence electrons. The second kappa shape index (κ2) is 3.75. The van der Waals surface area contributed by atoms with E-state index in [1.165, 1.54) is 13.8 Å². The number of pyridine rings is 1. The van der Waals surface area contributed by atoms with E-state index in [1.54, 1.807) is 18.3 Å². The quantitative estimate of drug-likeness (QED) is 0.741. The molecule has 1 heterocycles. The molecule has 0 fully saturated rings. The zero-order valence-electron chi connectivity index (χ0n) is 8.53. The minimum atomic E-state index is -1.37. The maximum absolute atomic E-state index is 11.3. The highest BCUT2D eigenvalue weighted by Crippen LogP contribution is 2.09. The minimum Gasteiger partial charge on any atom is -0.381 e. The van der Waals surface area contributed by atoms with Gasteiger partial charge in [0, 0.05) is 5.69 Å². The molecular formula is C10H14N2O2. The molecule has 0 aromatic carbocycles. The van der Waals surface area contributed by atoms with Crippen LogP contribution < -0.4 is 5.32 Å². The summed E-state index contributed by atoms with van der Waals surface area (Å²) in [5.74, 6) is -0.442. The van der Waals surface area contributed by atoms with Crippen LogP contribution in [0.2, 0.25) is 0 Å². The Morgan fingerprint density at radius 2 is 2.14 bits per heavy atom. The maximum Gasteiger partial charge on any atom is 0.255 e. The van der Waals surface area contributed by atoms with E-state index < -0.39 is 11.5 Å². The minimum absolute atomic E-state index is 0.442. The Kier molecular flexibility index (Phi) is 2.86. The van der Waals surface area contributed by atoms with Gasteiger partial charge in [0.15, 0.2) is 0 Å². The average molecular weight is 194 g/mol. The van der Waals surface area contributed by atoms with Gasteiger partial charge in [0.05, 0.1) is 11.9 Å². The predicted molar refractivity (Wildman–Crippen MR) is 53.9 cm³/mol. The third-order valence-corrected chi connectivity index (χ3v) is 1.72. The van der Waals surface area contributed by atoms with E-state index in [0.717, 1.165) is 5.69 Å². The van der Waals surface area contributed by atoms with Crippen molar-refractivity contribution in [2.75, 3.05) is 5.32 Å². The fourth-order valence-corrected chi connectivity index (χ4v) is 0.826. The monoisotopic (exact) mass is 194 g/mol.